The van der Waals surface area contributed by atoms with Crippen molar-refractivity contribution in [2.24, 2.45) is 0 Å². The lowest BCUT2D eigenvalue weighted by Crippen LogP contribution is -2.09. The molecule has 0 aliphatic carbocycles. The van der Waals surface area contributed by atoms with Crippen molar-refractivity contribution in [1.29, 1.82) is 0 Å². The Morgan fingerprint density at radius 2 is 1.39 bits per heavy atom. The van der Waals surface area contributed by atoms with Gasteiger partial charge in [0.05, 0.1) is 26.9 Å². The number of carbonyl (C=O) groups is 2. The van der Waals surface area contributed by atoms with Gasteiger partial charge in [0.1, 0.15) is 0 Å². The fourth-order valence-corrected chi connectivity index (χ4v) is 2.86. The zero-order valence-corrected chi connectivity index (χ0v) is 19.7. The summed E-state index contributed by atoms with van der Waals surface area (Å²) < 4.78 is 20.7. The van der Waals surface area contributed by atoms with E-state index in [9.17, 15) is 9.59 Å². The third kappa shape index (κ3) is 9.11. The summed E-state index contributed by atoms with van der Waals surface area (Å²) in [6.07, 6.45) is 9.60. The number of benzene rings is 1. The molecule has 0 N–H and O–H groups in total. The van der Waals surface area contributed by atoms with E-state index in [2.05, 4.69) is 32.9 Å². The molecule has 0 saturated carbocycles. The fourth-order valence-electron chi connectivity index (χ4n) is 2.86. The molecule has 1 aromatic carbocycles. The maximum atomic E-state index is 12.4. The Bertz CT molecular complexity index is 832. The molecule has 6 nitrogen and oxygen atoms in total. The predicted molar refractivity (Wildman–Crippen MR) is 122 cm³/mol. The van der Waals surface area contributed by atoms with E-state index in [1.807, 2.05) is 6.92 Å². The van der Waals surface area contributed by atoms with E-state index in [-0.39, 0.29) is 22.8 Å². The standard InChI is InChI=1S/C25H34O6/c1-17(2)10-8-11-18(3)12-9-13-19(4)14-23(26)31-24-21(28-5)15-20(25(27)30-7)16-22(24)29-6/h10,12,14-16H,8-9,11,13H2,1-7H3/b18-12+,19-14+. The molecular formula is C25H34O6. The van der Waals surface area contributed by atoms with Gasteiger partial charge in [-0.25, -0.2) is 9.59 Å². The molecule has 0 radical (unpaired) electrons. The SMILES string of the molecule is COC(=O)c1cc(OC)c(OC(=O)/C=C(\C)CC/C=C(\C)CCC=C(C)C)c(OC)c1. The van der Waals surface area contributed by atoms with E-state index in [0.29, 0.717) is 0 Å². The second-order valence-corrected chi connectivity index (χ2v) is 7.52. The van der Waals surface area contributed by atoms with Gasteiger partial charge in [-0.2, -0.15) is 0 Å². The topological polar surface area (TPSA) is 71.1 Å². The highest BCUT2D eigenvalue weighted by atomic mass is 16.6. The molecule has 0 heterocycles. The second kappa shape index (κ2) is 13.3. The van der Waals surface area contributed by atoms with E-state index in [1.165, 1.54) is 50.7 Å². The minimum absolute atomic E-state index is 0.113. The lowest BCUT2D eigenvalue weighted by atomic mass is 10.1. The Morgan fingerprint density at radius 1 is 0.839 bits per heavy atom. The van der Waals surface area contributed by atoms with Crippen LogP contribution in [0.15, 0.2) is 47.1 Å². The number of hydrogen-bond acceptors (Lipinski definition) is 6. The highest BCUT2D eigenvalue weighted by Crippen LogP contribution is 2.39. The summed E-state index contributed by atoms with van der Waals surface area (Å²) >= 11 is 0. The van der Waals surface area contributed by atoms with Gasteiger partial charge < -0.3 is 18.9 Å². The molecule has 0 aliphatic heterocycles. The molecular weight excluding hydrogens is 396 g/mol. The summed E-state index contributed by atoms with van der Waals surface area (Å²) in [5, 5.41) is 0. The first-order chi connectivity index (χ1) is 14.7. The van der Waals surface area contributed by atoms with Crippen molar-refractivity contribution < 1.29 is 28.5 Å². The van der Waals surface area contributed by atoms with Crippen LogP contribution in [-0.4, -0.2) is 33.3 Å². The first-order valence-corrected chi connectivity index (χ1v) is 10.2. The molecule has 0 spiro atoms. The lowest BCUT2D eigenvalue weighted by Gasteiger charge is -2.14. The van der Waals surface area contributed by atoms with E-state index in [1.54, 1.807) is 0 Å². The minimum Gasteiger partial charge on any atom is -0.493 e. The van der Waals surface area contributed by atoms with E-state index in [4.69, 9.17) is 18.9 Å². The number of hydrogen-bond donors (Lipinski definition) is 0. The van der Waals surface area contributed by atoms with Crippen LogP contribution in [0, 0.1) is 0 Å². The van der Waals surface area contributed by atoms with Gasteiger partial charge in [-0.1, -0.05) is 28.9 Å². The molecule has 0 fully saturated rings. The maximum absolute atomic E-state index is 12.4. The molecule has 0 saturated heterocycles. The molecule has 0 aliphatic rings. The van der Waals surface area contributed by atoms with Gasteiger partial charge in [-0.05, 0) is 65.5 Å². The monoisotopic (exact) mass is 430 g/mol. The average Bonchev–Trinajstić information content (AvgIpc) is 2.72. The van der Waals surface area contributed by atoms with Crippen molar-refractivity contribution in [3.8, 4) is 17.2 Å². The van der Waals surface area contributed by atoms with Gasteiger partial charge in [0.25, 0.3) is 0 Å². The van der Waals surface area contributed by atoms with Crippen LogP contribution in [0.25, 0.3) is 0 Å². The van der Waals surface area contributed by atoms with Gasteiger partial charge in [-0.3, -0.25) is 0 Å². The summed E-state index contributed by atoms with van der Waals surface area (Å²) in [5.41, 5.74) is 3.81. The molecule has 0 aromatic heterocycles. The molecule has 1 aromatic rings. The number of methoxy groups -OCH3 is 3. The number of allylic oxidation sites excluding steroid dienone is 5. The summed E-state index contributed by atoms with van der Waals surface area (Å²) in [6.45, 7) is 8.22. The summed E-state index contributed by atoms with van der Waals surface area (Å²) in [7, 11) is 4.11. The van der Waals surface area contributed by atoms with Gasteiger partial charge in [0.2, 0.25) is 5.75 Å². The van der Waals surface area contributed by atoms with Gasteiger partial charge in [0.15, 0.2) is 11.5 Å². The second-order valence-electron chi connectivity index (χ2n) is 7.52. The van der Waals surface area contributed by atoms with E-state index in [0.717, 1.165) is 31.3 Å². The van der Waals surface area contributed by atoms with Crippen LogP contribution >= 0.6 is 0 Å². The quantitative estimate of drug-likeness (QED) is 0.191. The number of carbonyl (C=O) groups excluding carboxylic acids is 2. The van der Waals surface area contributed by atoms with Gasteiger partial charge in [0, 0.05) is 6.08 Å². The fraction of sp³-hybridized carbons (Fsp3) is 0.440. The smallest absolute Gasteiger partial charge is 0.338 e. The first kappa shape index (κ1) is 26.0. The molecule has 0 unspecified atom stereocenters. The zero-order chi connectivity index (χ0) is 23.4. The third-order valence-electron chi connectivity index (χ3n) is 4.57. The Balaban J connectivity index is 2.81. The van der Waals surface area contributed by atoms with Crippen LogP contribution in [-0.2, 0) is 9.53 Å². The lowest BCUT2D eigenvalue weighted by molar-refractivity contribution is -0.129. The van der Waals surface area contributed by atoms with Crippen molar-refractivity contribution in [3.63, 3.8) is 0 Å². The normalized spacial score (nSPS) is 11.6. The van der Waals surface area contributed by atoms with Gasteiger partial charge >= 0.3 is 11.9 Å². The van der Waals surface area contributed by atoms with Crippen LogP contribution in [0.1, 0.15) is 63.7 Å². The zero-order valence-electron chi connectivity index (χ0n) is 19.7. The Hall–Kier alpha value is -3.02. The predicted octanol–water partition coefficient (Wildman–Crippen LogP) is 5.82. The van der Waals surface area contributed by atoms with Crippen LogP contribution in [0.5, 0.6) is 17.2 Å². The molecule has 0 atom stereocenters. The van der Waals surface area contributed by atoms with Crippen molar-refractivity contribution in [1.82, 2.24) is 0 Å². The highest BCUT2D eigenvalue weighted by Gasteiger charge is 2.20. The van der Waals surface area contributed by atoms with Crippen LogP contribution in [0.2, 0.25) is 0 Å². The summed E-state index contributed by atoms with van der Waals surface area (Å²) in [4.78, 5) is 24.2. The van der Waals surface area contributed by atoms with Crippen LogP contribution in [0.4, 0.5) is 0 Å². The third-order valence-corrected chi connectivity index (χ3v) is 4.57. The number of esters is 2. The highest BCUT2D eigenvalue weighted by molar-refractivity contribution is 5.92. The Kier molecular flexibility index (Phi) is 11.2. The maximum Gasteiger partial charge on any atom is 0.338 e. The largest absolute Gasteiger partial charge is 0.493 e. The first-order valence-electron chi connectivity index (χ1n) is 10.2. The van der Waals surface area contributed by atoms with Crippen molar-refractivity contribution >= 4 is 11.9 Å². The average molecular weight is 431 g/mol. The Labute approximate surface area is 185 Å². The van der Waals surface area contributed by atoms with Crippen LogP contribution in [0.3, 0.4) is 0 Å². The summed E-state index contributed by atoms with van der Waals surface area (Å²) in [5.74, 6) is -0.566. The minimum atomic E-state index is -0.547. The molecule has 1 rings (SSSR count). The van der Waals surface area contributed by atoms with Crippen molar-refractivity contribution in [2.75, 3.05) is 21.3 Å². The number of ether oxygens (including phenoxy) is 4. The molecule has 0 bridgehead atoms. The van der Waals surface area contributed by atoms with Crippen molar-refractivity contribution in [2.45, 2.75) is 53.4 Å². The molecule has 170 valence electrons. The number of rotatable bonds is 11. The van der Waals surface area contributed by atoms with Crippen molar-refractivity contribution in [3.05, 3.63) is 52.6 Å². The van der Waals surface area contributed by atoms with E-state index < -0.39 is 11.9 Å². The van der Waals surface area contributed by atoms with Crippen LogP contribution < -0.4 is 14.2 Å². The van der Waals surface area contributed by atoms with Gasteiger partial charge in [-0.15, -0.1) is 0 Å². The molecule has 31 heavy (non-hydrogen) atoms. The summed E-state index contributed by atoms with van der Waals surface area (Å²) in [6, 6.07) is 2.88. The Morgan fingerprint density at radius 3 is 1.90 bits per heavy atom. The van der Waals surface area contributed by atoms with E-state index >= 15 is 0 Å². The molecule has 0 amide bonds. The molecule has 6 heteroatoms.